The average molecular weight is 512 g/mol. The third-order valence-corrected chi connectivity index (χ3v) is 8.16. The molecule has 1 aromatic carbocycles. The van der Waals surface area contributed by atoms with Crippen molar-refractivity contribution in [1.82, 2.24) is 14.7 Å². The molecule has 1 aromatic rings. The molecule has 3 atom stereocenters. The van der Waals surface area contributed by atoms with Gasteiger partial charge >= 0.3 is 12.3 Å². The lowest BCUT2D eigenvalue weighted by atomic mass is 9.86. The minimum Gasteiger partial charge on any atom is -0.444 e. The van der Waals surface area contributed by atoms with Crippen LogP contribution in [0.25, 0.3) is 0 Å². The van der Waals surface area contributed by atoms with Crippen molar-refractivity contribution in [2.75, 3.05) is 39.8 Å². The van der Waals surface area contributed by atoms with Gasteiger partial charge in [-0.25, -0.2) is 4.79 Å². The second-order valence-electron chi connectivity index (χ2n) is 11.8. The van der Waals surface area contributed by atoms with E-state index in [1.807, 2.05) is 20.8 Å². The van der Waals surface area contributed by atoms with Crippen LogP contribution in [0.1, 0.15) is 70.2 Å². The Hall–Kier alpha value is -1.84. The summed E-state index contributed by atoms with van der Waals surface area (Å²) < 4.78 is 51.1. The highest BCUT2D eigenvalue weighted by atomic mass is 19.4. The fourth-order valence-corrected chi connectivity index (χ4v) is 6.07. The number of rotatable bonds is 3. The lowest BCUT2D eigenvalue weighted by molar-refractivity contribution is -0.137. The van der Waals surface area contributed by atoms with Gasteiger partial charge in [-0.3, -0.25) is 9.80 Å². The molecule has 1 aliphatic carbocycles. The SMILES string of the molecule is COC1Cc2cc(C(F)(F)F)ccc2C1N1CCN(C2(C)CCN(C(=O)OC(C)(C)C)CC2)CC1C. The van der Waals surface area contributed by atoms with Crippen molar-refractivity contribution >= 4 is 6.09 Å². The molecule has 0 spiro atoms. The molecule has 3 unspecified atom stereocenters. The van der Waals surface area contributed by atoms with Gasteiger partial charge in [0.1, 0.15) is 5.60 Å². The van der Waals surface area contributed by atoms with Crippen LogP contribution in [0.4, 0.5) is 18.0 Å². The summed E-state index contributed by atoms with van der Waals surface area (Å²) in [7, 11) is 1.65. The lowest BCUT2D eigenvalue weighted by Gasteiger charge is -2.53. The number of piperazine rings is 1. The molecule has 9 heteroatoms. The largest absolute Gasteiger partial charge is 0.444 e. The summed E-state index contributed by atoms with van der Waals surface area (Å²) in [6.07, 6.45) is -2.50. The van der Waals surface area contributed by atoms with Gasteiger partial charge in [-0.05, 0) is 70.7 Å². The highest BCUT2D eigenvalue weighted by Gasteiger charge is 2.45. The zero-order chi connectivity index (χ0) is 26.5. The van der Waals surface area contributed by atoms with E-state index < -0.39 is 17.3 Å². The Morgan fingerprint density at radius 2 is 1.75 bits per heavy atom. The van der Waals surface area contributed by atoms with Crippen LogP contribution in [-0.2, 0) is 22.1 Å². The van der Waals surface area contributed by atoms with E-state index in [1.54, 1.807) is 18.1 Å². The molecule has 0 radical (unpaired) electrons. The summed E-state index contributed by atoms with van der Waals surface area (Å²) in [6, 6.07) is 4.31. The van der Waals surface area contributed by atoms with E-state index in [2.05, 4.69) is 23.6 Å². The van der Waals surface area contributed by atoms with E-state index >= 15 is 0 Å². The third kappa shape index (κ3) is 5.53. The number of hydrogen-bond acceptors (Lipinski definition) is 5. The number of halogens is 3. The molecule has 36 heavy (non-hydrogen) atoms. The van der Waals surface area contributed by atoms with Crippen molar-refractivity contribution in [3.05, 3.63) is 34.9 Å². The number of piperidine rings is 1. The van der Waals surface area contributed by atoms with Crippen LogP contribution >= 0.6 is 0 Å². The maximum absolute atomic E-state index is 13.3. The number of nitrogens with zero attached hydrogens (tertiary/aromatic N) is 3. The van der Waals surface area contributed by atoms with Gasteiger partial charge in [0.25, 0.3) is 0 Å². The van der Waals surface area contributed by atoms with Crippen molar-refractivity contribution < 1.29 is 27.4 Å². The quantitative estimate of drug-likeness (QED) is 0.564. The number of methoxy groups -OCH3 is 1. The van der Waals surface area contributed by atoms with Gasteiger partial charge in [-0.2, -0.15) is 13.2 Å². The first-order valence-corrected chi connectivity index (χ1v) is 12.9. The van der Waals surface area contributed by atoms with Crippen LogP contribution in [0.2, 0.25) is 0 Å². The van der Waals surface area contributed by atoms with Gasteiger partial charge < -0.3 is 14.4 Å². The van der Waals surface area contributed by atoms with Crippen molar-refractivity contribution in [2.24, 2.45) is 0 Å². The normalized spacial score (nSPS) is 27.7. The summed E-state index contributed by atoms with van der Waals surface area (Å²) in [4.78, 5) is 19.2. The Morgan fingerprint density at radius 3 is 2.31 bits per heavy atom. The van der Waals surface area contributed by atoms with E-state index in [-0.39, 0.29) is 29.8 Å². The maximum Gasteiger partial charge on any atom is 0.416 e. The van der Waals surface area contributed by atoms with Crippen LogP contribution < -0.4 is 0 Å². The number of carbonyl (C=O) groups is 1. The van der Waals surface area contributed by atoms with Gasteiger partial charge in [0.2, 0.25) is 0 Å². The highest BCUT2D eigenvalue weighted by molar-refractivity contribution is 5.68. The molecule has 3 aliphatic rings. The van der Waals surface area contributed by atoms with Crippen molar-refractivity contribution in [1.29, 1.82) is 0 Å². The van der Waals surface area contributed by atoms with E-state index in [4.69, 9.17) is 9.47 Å². The molecule has 202 valence electrons. The maximum atomic E-state index is 13.3. The molecule has 0 aromatic heterocycles. The van der Waals surface area contributed by atoms with Gasteiger partial charge in [0, 0.05) is 57.8 Å². The van der Waals surface area contributed by atoms with Gasteiger partial charge in [-0.15, -0.1) is 0 Å². The number of hydrogen-bond donors (Lipinski definition) is 0. The molecular weight excluding hydrogens is 471 g/mol. The van der Waals surface area contributed by atoms with Crippen LogP contribution in [0.15, 0.2) is 18.2 Å². The molecular formula is C27H40F3N3O3. The molecule has 1 amide bonds. The molecule has 0 saturated carbocycles. The summed E-state index contributed by atoms with van der Waals surface area (Å²) in [5, 5.41) is 0. The number of amides is 1. The first-order chi connectivity index (χ1) is 16.7. The Labute approximate surface area is 212 Å². The summed E-state index contributed by atoms with van der Waals surface area (Å²) in [5.74, 6) is 0. The number of alkyl halides is 3. The summed E-state index contributed by atoms with van der Waals surface area (Å²) in [5.41, 5.74) is 0.580. The Balaban J connectivity index is 1.42. The summed E-state index contributed by atoms with van der Waals surface area (Å²) >= 11 is 0. The zero-order valence-electron chi connectivity index (χ0n) is 22.3. The van der Waals surface area contributed by atoms with Crippen LogP contribution in [0, 0.1) is 0 Å². The summed E-state index contributed by atoms with van der Waals surface area (Å²) in [6.45, 7) is 14.0. The molecule has 4 rings (SSSR count). The molecule has 2 heterocycles. The first kappa shape index (κ1) is 27.2. The Bertz CT molecular complexity index is 954. The number of benzene rings is 1. The van der Waals surface area contributed by atoms with Crippen LogP contribution in [-0.4, -0.2) is 83.9 Å². The van der Waals surface area contributed by atoms with Gasteiger partial charge in [-0.1, -0.05) is 6.07 Å². The number of fused-ring (bicyclic) bond motifs is 1. The minimum atomic E-state index is -4.34. The van der Waals surface area contributed by atoms with Crippen LogP contribution in [0.3, 0.4) is 0 Å². The molecule has 2 fully saturated rings. The average Bonchev–Trinajstić information content (AvgIpc) is 3.15. The fraction of sp³-hybridized carbons (Fsp3) is 0.741. The van der Waals surface area contributed by atoms with Crippen molar-refractivity contribution in [3.63, 3.8) is 0 Å². The zero-order valence-corrected chi connectivity index (χ0v) is 22.3. The molecule has 2 saturated heterocycles. The highest BCUT2D eigenvalue weighted by Crippen LogP contribution is 2.43. The van der Waals surface area contributed by atoms with Gasteiger partial charge in [0.15, 0.2) is 0 Å². The van der Waals surface area contributed by atoms with E-state index in [9.17, 15) is 18.0 Å². The lowest BCUT2D eigenvalue weighted by Crippen LogP contribution is -2.63. The Morgan fingerprint density at radius 1 is 1.08 bits per heavy atom. The van der Waals surface area contributed by atoms with E-state index in [0.29, 0.717) is 19.5 Å². The van der Waals surface area contributed by atoms with E-state index in [0.717, 1.165) is 43.6 Å². The smallest absolute Gasteiger partial charge is 0.416 e. The first-order valence-electron chi connectivity index (χ1n) is 12.9. The number of ether oxygens (including phenoxy) is 2. The molecule has 0 N–H and O–H groups in total. The molecule has 2 aliphatic heterocycles. The van der Waals surface area contributed by atoms with E-state index in [1.165, 1.54) is 12.1 Å². The topological polar surface area (TPSA) is 45.2 Å². The second kappa shape index (κ2) is 9.80. The predicted octanol–water partition coefficient (Wildman–Crippen LogP) is 5.11. The third-order valence-electron chi connectivity index (χ3n) is 8.16. The Kier molecular flexibility index (Phi) is 7.40. The number of likely N-dealkylation sites (tertiary alicyclic amines) is 1. The number of carbonyl (C=O) groups excluding carboxylic acids is 1. The van der Waals surface area contributed by atoms with Crippen molar-refractivity contribution in [2.45, 2.75) is 89.4 Å². The predicted molar refractivity (Wildman–Crippen MR) is 132 cm³/mol. The van der Waals surface area contributed by atoms with Crippen LogP contribution in [0.5, 0.6) is 0 Å². The van der Waals surface area contributed by atoms with Crippen molar-refractivity contribution in [3.8, 4) is 0 Å². The fourth-order valence-electron chi connectivity index (χ4n) is 6.07. The molecule has 0 bridgehead atoms. The monoisotopic (exact) mass is 511 g/mol. The minimum absolute atomic E-state index is 0.00524. The second-order valence-corrected chi connectivity index (χ2v) is 11.8. The molecule has 6 nitrogen and oxygen atoms in total. The standard InChI is InChI=1S/C27H40F3N3O3/c1-18-17-32(26(5)9-11-31(12-10-26)24(34)36-25(2,3)4)13-14-33(18)23-21-8-7-20(27(28,29)30)15-19(21)16-22(23)35-6/h7-8,15,18,22-23H,9-14,16-17H2,1-6H3. The van der Waals surface area contributed by atoms with Gasteiger partial charge in [0.05, 0.1) is 17.7 Å².